The van der Waals surface area contributed by atoms with Crippen LogP contribution in [0.5, 0.6) is 0 Å². The molecule has 0 radical (unpaired) electrons. The van der Waals surface area contributed by atoms with Gasteiger partial charge in [-0.15, -0.1) is 11.8 Å². The van der Waals surface area contributed by atoms with E-state index in [4.69, 9.17) is 4.74 Å². The van der Waals surface area contributed by atoms with E-state index in [0.29, 0.717) is 0 Å². The summed E-state index contributed by atoms with van der Waals surface area (Å²) < 4.78 is 5.30. The average Bonchev–Trinajstić information content (AvgIpc) is 2.75. The normalized spacial score (nSPS) is 17.4. The van der Waals surface area contributed by atoms with Crippen molar-refractivity contribution in [2.24, 2.45) is 0 Å². The van der Waals surface area contributed by atoms with Gasteiger partial charge in [-0.1, -0.05) is 66.8 Å². The lowest BCUT2D eigenvalue weighted by Crippen LogP contribution is -2.09. The summed E-state index contributed by atoms with van der Waals surface area (Å²) in [6.45, 7) is 0. The van der Waals surface area contributed by atoms with Gasteiger partial charge in [-0.2, -0.15) is 0 Å². The molecule has 0 aromatic heterocycles. The van der Waals surface area contributed by atoms with Crippen molar-refractivity contribution in [2.45, 2.75) is 19.3 Å². The van der Waals surface area contributed by atoms with E-state index >= 15 is 0 Å². The molecule has 0 spiro atoms. The highest BCUT2D eigenvalue weighted by atomic mass is 32.2. The third-order valence-corrected chi connectivity index (χ3v) is 5.86. The molecule has 27 heavy (non-hydrogen) atoms. The maximum atomic E-state index is 5.30. The third kappa shape index (κ3) is 3.81. The van der Waals surface area contributed by atoms with Crippen molar-refractivity contribution < 1.29 is 4.74 Å². The second kappa shape index (κ2) is 8.49. The van der Waals surface area contributed by atoms with Gasteiger partial charge in [0.1, 0.15) is 0 Å². The first-order valence-corrected chi connectivity index (χ1v) is 10.5. The van der Waals surface area contributed by atoms with E-state index in [0.717, 1.165) is 25.0 Å². The maximum absolute atomic E-state index is 5.30. The van der Waals surface area contributed by atoms with Crippen molar-refractivity contribution in [2.75, 3.05) is 12.9 Å². The zero-order valence-electron chi connectivity index (χ0n) is 15.7. The van der Waals surface area contributed by atoms with Crippen LogP contribution in [-0.2, 0) is 17.6 Å². The number of aryl methyl sites for hydroxylation is 1. The first kappa shape index (κ1) is 17.9. The molecule has 1 nitrogen and oxygen atoms in total. The van der Waals surface area contributed by atoms with Gasteiger partial charge < -0.3 is 4.74 Å². The lowest BCUT2D eigenvalue weighted by Gasteiger charge is -2.26. The summed E-state index contributed by atoms with van der Waals surface area (Å²) in [5.74, 6) is 1.15. The smallest absolute Gasteiger partial charge is 0.0866 e. The molecular weight excluding hydrogens is 348 g/mol. The molecule has 0 amide bonds. The Balaban J connectivity index is 0.000000257. The van der Waals surface area contributed by atoms with Crippen molar-refractivity contribution in [3.63, 3.8) is 0 Å². The molecular formula is C25H24OS. The molecule has 0 saturated heterocycles. The zero-order chi connectivity index (χ0) is 18.5. The van der Waals surface area contributed by atoms with E-state index in [-0.39, 0.29) is 0 Å². The second-order valence-corrected chi connectivity index (χ2v) is 7.73. The van der Waals surface area contributed by atoms with Crippen molar-refractivity contribution in [3.8, 4) is 11.1 Å². The lowest BCUT2D eigenvalue weighted by molar-refractivity contribution is 0.339. The Morgan fingerprint density at radius 1 is 0.963 bits per heavy atom. The Kier molecular flexibility index (Phi) is 5.64. The number of benzene rings is 2. The average molecular weight is 373 g/mol. The molecule has 1 heterocycles. The van der Waals surface area contributed by atoms with Gasteiger partial charge in [-0.25, -0.2) is 0 Å². The van der Waals surface area contributed by atoms with Crippen LogP contribution < -0.4 is 0 Å². The Bertz CT molecular complexity index is 935. The Morgan fingerprint density at radius 3 is 2.63 bits per heavy atom. The molecule has 136 valence electrons. The Hall–Kier alpha value is -2.45. The van der Waals surface area contributed by atoms with Crippen LogP contribution >= 0.6 is 11.8 Å². The second-order valence-electron chi connectivity index (χ2n) is 6.79. The molecule has 2 aromatic carbocycles. The van der Waals surface area contributed by atoms with Gasteiger partial charge in [-0.3, -0.25) is 0 Å². The summed E-state index contributed by atoms with van der Waals surface area (Å²) in [6, 6.07) is 13.3. The maximum Gasteiger partial charge on any atom is 0.0866 e. The van der Waals surface area contributed by atoms with Gasteiger partial charge in [0.2, 0.25) is 0 Å². The lowest BCUT2D eigenvalue weighted by atomic mass is 9.78. The van der Waals surface area contributed by atoms with E-state index in [9.17, 15) is 0 Å². The van der Waals surface area contributed by atoms with E-state index < -0.39 is 0 Å². The van der Waals surface area contributed by atoms with Crippen LogP contribution in [0, 0.1) is 0 Å². The van der Waals surface area contributed by atoms with Crippen molar-refractivity contribution in [1.82, 2.24) is 0 Å². The summed E-state index contributed by atoms with van der Waals surface area (Å²) in [6.07, 6.45) is 15.8. The topological polar surface area (TPSA) is 9.23 Å². The summed E-state index contributed by atoms with van der Waals surface area (Å²) >= 11 is 1.83. The van der Waals surface area contributed by atoms with Crippen molar-refractivity contribution in [1.29, 1.82) is 0 Å². The largest absolute Gasteiger partial charge is 0.504 e. The van der Waals surface area contributed by atoms with E-state index in [2.05, 4.69) is 66.1 Å². The number of hydrogen-bond donors (Lipinski definition) is 0. The van der Waals surface area contributed by atoms with Gasteiger partial charge in [0.05, 0.1) is 13.4 Å². The van der Waals surface area contributed by atoms with Crippen LogP contribution in [-0.4, -0.2) is 12.9 Å². The number of fused-ring (bicyclic) bond motifs is 5. The molecule has 1 aliphatic heterocycles. The first-order valence-electron chi connectivity index (χ1n) is 9.44. The standard InChI is InChI=1S/C20H18O.C5H6S/c1-21-13-16-7-4-6-15-10-11-18-17-8-3-2-5-14(17)9-12-19(18)20(15)16;1-2-4-6-5-3-1/h2-6,8,10-11,13H,7,9,12H2,1H3;1-4H,5H2. The predicted molar refractivity (Wildman–Crippen MR) is 119 cm³/mol. The Morgan fingerprint density at radius 2 is 1.89 bits per heavy atom. The summed E-state index contributed by atoms with van der Waals surface area (Å²) in [7, 11) is 1.73. The van der Waals surface area contributed by atoms with Crippen LogP contribution in [0.25, 0.3) is 22.8 Å². The summed E-state index contributed by atoms with van der Waals surface area (Å²) in [4.78, 5) is 0. The number of methoxy groups -OCH3 is 1. The third-order valence-electron chi connectivity index (χ3n) is 5.13. The van der Waals surface area contributed by atoms with Gasteiger partial charge in [-0.05, 0) is 63.6 Å². The highest BCUT2D eigenvalue weighted by Gasteiger charge is 2.22. The molecule has 0 saturated carbocycles. The quantitative estimate of drug-likeness (QED) is 0.518. The number of hydrogen-bond acceptors (Lipinski definition) is 2. The Labute approximate surface area is 166 Å². The molecule has 0 bridgehead atoms. The van der Waals surface area contributed by atoms with Crippen molar-refractivity contribution >= 4 is 23.4 Å². The molecule has 2 aromatic rings. The zero-order valence-corrected chi connectivity index (χ0v) is 16.5. The van der Waals surface area contributed by atoms with Crippen LogP contribution in [0.1, 0.15) is 28.7 Å². The number of allylic oxidation sites excluding steroid dienone is 4. The number of ether oxygens (including phenoxy) is 1. The van der Waals surface area contributed by atoms with Crippen LogP contribution in [0.15, 0.2) is 72.4 Å². The van der Waals surface area contributed by atoms with Gasteiger partial charge in [0.25, 0.3) is 0 Å². The number of thioether (sulfide) groups is 1. The van der Waals surface area contributed by atoms with Crippen LogP contribution in [0.3, 0.4) is 0 Å². The van der Waals surface area contributed by atoms with Crippen molar-refractivity contribution in [3.05, 3.63) is 94.6 Å². The van der Waals surface area contributed by atoms with E-state index in [1.54, 1.807) is 7.11 Å². The minimum absolute atomic E-state index is 0.957. The van der Waals surface area contributed by atoms with Crippen LogP contribution in [0.2, 0.25) is 0 Å². The van der Waals surface area contributed by atoms with E-state index in [1.165, 1.54) is 39.0 Å². The highest BCUT2D eigenvalue weighted by molar-refractivity contribution is 8.02. The number of rotatable bonds is 1. The molecule has 0 atom stereocenters. The van der Waals surface area contributed by atoms with E-state index in [1.807, 2.05) is 24.1 Å². The van der Waals surface area contributed by atoms with Gasteiger partial charge in [0.15, 0.2) is 0 Å². The minimum atomic E-state index is 0.957. The van der Waals surface area contributed by atoms with Gasteiger partial charge in [0, 0.05) is 5.75 Å². The van der Waals surface area contributed by atoms with Gasteiger partial charge >= 0.3 is 0 Å². The predicted octanol–water partition coefficient (Wildman–Crippen LogP) is 6.66. The fourth-order valence-electron chi connectivity index (χ4n) is 3.97. The SMILES string of the molecule is C1=CCSC=C1.COC=C1CC=Cc2ccc3c(c21)CCc1ccccc1-3. The fourth-order valence-corrected chi connectivity index (χ4v) is 4.50. The molecule has 5 rings (SSSR count). The molecule has 0 unspecified atom stereocenters. The molecule has 0 fully saturated rings. The molecule has 3 aliphatic rings. The van der Waals surface area contributed by atoms with Crippen LogP contribution in [0.4, 0.5) is 0 Å². The summed E-state index contributed by atoms with van der Waals surface area (Å²) in [5.41, 5.74) is 9.76. The highest BCUT2D eigenvalue weighted by Crippen LogP contribution is 2.41. The first-order chi connectivity index (χ1) is 13.4. The molecule has 2 aliphatic carbocycles. The summed E-state index contributed by atoms with van der Waals surface area (Å²) in [5, 5.41) is 2.10. The monoisotopic (exact) mass is 372 g/mol. The molecule has 2 heteroatoms. The minimum Gasteiger partial charge on any atom is -0.504 e. The molecule has 0 N–H and O–H groups in total. The fraction of sp³-hybridized carbons (Fsp3) is 0.200.